The highest BCUT2D eigenvalue weighted by atomic mass is 16.5. The lowest BCUT2D eigenvalue weighted by Gasteiger charge is -2.21. The van der Waals surface area contributed by atoms with Crippen LogP contribution in [0.15, 0.2) is 30.3 Å². The highest BCUT2D eigenvalue weighted by Gasteiger charge is 2.23. The standard InChI is InChI=1S/C22H27N3O3/c1-5-25-20-10-9-18(15(4)22(20)23-24-25)19(12-21(27)28-6-2)16-8-7-14(3)17(11-16)13-26/h7-11,19,26H,5-6,12-13H2,1-4H3. The molecule has 6 nitrogen and oxygen atoms in total. The minimum atomic E-state index is -0.240. The van der Waals surface area contributed by atoms with E-state index in [0.29, 0.717) is 6.61 Å². The summed E-state index contributed by atoms with van der Waals surface area (Å²) in [4.78, 5) is 12.3. The summed E-state index contributed by atoms with van der Waals surface area (Å²) >= 11 is 0. The molecule has 6 heteroatoms. The molecule has 1 heterocycles. The molecule has 0 aliphatic heterocycles. The van der Waals surface area contributed by atoms with Crippen LogP contribution >= 0.6 is 0 Å². The maximum absolute atomic E-state index is 12.3. The van der Waals surface area contributed by atoms with E-state index in [4.69, 9.17) is 4.74 Å². The number of carbonyl (C=O) groups excluding carboxylic acids is 1. The van der Waals surface area contributed by atoms with Gasteiger partial charge >= 0.3 is 5.97 Å². The van der Waals surface area contributed by atoms with Gasteiger partial charge in [-0.25, -0.2) is 4.68 Å². The fourth-order valence-electron chi connectivity index (χ4n) is 3.67. The van der Waals surface area contributed by atoms with Crippen molar-refractivity contribution >= 4 is 17.0 Å². The van der Waals surface area contributed by atoms with Crippen LogP contribution in [0.25, 0.3) is 11.0 Å². The van der Waals surface area contributed by atoms with Crippen molar-refractivity contribution in [2.45, 2.75) is 53.2 Å². The van der Waals surface area contributed by atoms with Crippen LogP contribution in [0.5, 0.6) is 0 Å². The lowest BCUT2D eigenvalue weighted by atomic mass is 9.84. The number of nitrogens with zero attached hydrogens (tertiary/aromatic N) is 3. The number of esters is 1. The predicted molar refractivity (Wildman–Crippen MR) is 108 cm³/mol. The fourth-order valence-corrected chi connectivity index (χ4v) is 3.67. The van der Waals surface area contributed by atoms with Crippen LogP contribution in [0.1, 0.15) is 54.0 Å². The predicted octanol–water partition coefficient (Wildman–Crippen LogP) is 3.65. The summed E-state index contributed by atoms with van der Waals surface area (Å²) in [5, 5.41) is 18.2. The number of fused-ring (bicyclic) bond motifs is 1. The van der Waals surface area contributed by atoms with Gasteiger partial charge in [-0.15, -0.1) is 5.10 Å². The number of ether oxygens (including phenoxy) is 1. The van der Waals surface area contributed by atoms with E-state index in [9.17, 15) is 9.90 Å². The molecule has 1 unspecified atom stereocenters. The molecule has 0 saturated heterocycles. The number of aromatic nitrogens is 3. The number of hydrogen-bond acceptors (Lipinski definition) is 5. The van der Waals surface area contributed by atoms with Crippen LogP contribution in [-0.2, 0) is 22.7 Å². The molecule has 0 radical (unpaired) electrons. The van der Waals surface area contributed by atoms with Crippen LogP contribution in [0.4, 0.5) is 0 Å². The normalized spacial score (nSPS) is 12.3. The zero-order valence-electron chi connectivity index (χ0n) is 16.9. The van der Waals surface area contributed by atoms with Crippen LogP contribution in [0.3, 0.4) is 0 Å². The van der Waals surface area contributed by atoms with Crippen LogP contribution in [0, 0.1) is 13.8 Å². The van der Waals surface area contributed by atoms with Gasteiger partial charge in [0.2, 0.25) is 0 Å². The minimum Gasteiger partial charge on any atom is -0.466 e. The van der Waals surface area contributed by atoms with Crippen molar-refractivity contribution in [1.29, 1.82) is 0 Å². The highest BCUT2D eigenvalue weighted by Crippen LogP contribution is 2.34. The van der Waals surface area contributed by atoms with Gasteiger partial charge in [0.15, 0.2) is 0 Å². The number of rotatable bonds is 7. The van der Waals surface area contributed by atoms with Gasteiger partial charge in [-0.3, -0.25) is 4.79 Å². The Hall–Kier alpha value is -2.73. The smallest absolute Gasteiger partial charge is 0.306 e. The van der Waals surface area contributed by atoms with Gasteiger partial charge in [-0.2, -0.15) is 0 Å². The molecule has 148 valence electrons. The average molecular weight is 381 g/mol. The highest BCUT2D eigenvalue weighted by molar-refractivity contribution is 5.80. The van der Waals surface area contributed by atoms with Gasteiger partial charge in [0.05, 0.1) is 25.2 Å². The molecule has 0 bridgehead atoms. The quantitative estimate of drug-likeness (QED) is 0.632. The van der Waals surface area contributed by atoms with E-state index < -0.39 is 0 Å². The van der Waals surface area contributed by atoms with Crippen molar-refractivity contribution in [3.05, 3.63) is 58.1 Å². The Morgan fingerprint density at radius 2 is 2.00 bits per heavy atom. The number of aryl methyl sites for hydroxylation is 3. The molecule has 2 aromatic carbocycles. The molecule has 3 rings (SSSR count). The lowest BCUT2D eigenvalue weighted by molar-refractivity contribution is -0.143. The maximum Gasteiger partial charge on any atom is 0.306 e. The van der Waals surface area contributed by atoms with Gasteiger partial charge in [-0.1, -0.05) is 29.5 Å². The summed E-state index contributed by atoms with van der Waals surface area (Å²) in [7, 11) is 0. The number of carbonyl (C=O) groups is 1. The Morgan fingerprint density at radius 1 is 1.21 bits per heavy atom. The van der Waals surface area contributed by atoms with E-state index in [2.05, 4.69) is 16.4 Å². The topological polar surface area (TPSA) is 77.2 Å². The number of aliphatic hydroxyl groups excluding tert-OH is 1. The Labute approximate surface area is 165 Å². The molecule has 1 atom stereocenters. The summed E-state index contributed by atoms with van der Waals surface area (Å²) in [6, 6.07) is 10.0. The Balaban J connectivity index is 2.12. The molecule has 3 aromatic rings. The zero-order valence-corrected chi connectivity index (χ0v) is 16.9. The van der Waals surface area contributed by atoms with Crippen molar-refractivity contribution < 1.29 is 14.6 Å². The maximum atomic E-state index is 12.3. The minimum absolute atomic E-state index is 0.0331. The number of benzene rings is 2. The molecule has 0 amide bonds. The third-order valence-corrected chi connectivity index (χ3v) is 5.28. The Bertz CT molecular complexity index is 994. The SMILES string of the molecule is CCOC(=O)CC(c1ccc(C)c(CO)c1)c1ccc2c(nnn2CC)c1C. The second kappa shape index (κ2) is 8.52. The van der Waals surface area contributed by atoms with Gasteiger partial charge in [-0.05, 0) is 61.6 Å². The first-order chi connectivity index (χ1) is 13.5. The van der Waals surface area contributed by atoms with Crippen molar-refractivity contribution in [2.75, 3.05) is 6.61 Å². The lowest BCUT2D eigenvalue weighted by Crippen LogP contribution is -2.13. The Kier molecular flexibility index (Phi) is 6.09. The van der Waals surface area contributed by atoms with Crippen molar-refractivity contribution in [1.82, 2.24) is 15.0 Å². The molecule has 28 heavy (non-hydrogen) atoms. The van der Waals surface area contributed by atoms with E-state index in [1.165, 1.54) is 0 Å². The monoisotopic (exact) mass is 381 g/mol. The van der Waals surface area contributed by atoms with Crippen molar-refractivity contribution in [3.63, 3.8) is 0 Å². The van der Waals surface area contributed by atoms with Gasteiger partial charge < -0.3 is 9.84 Å². The van der Waals surface area contributed by atoms with E-state index in [0.717, 1.165) is 45.4 Å². The Morgan fingerprint density at radius 3 is 2.68 bits per heavy atom. The van der Waals surface area contributed by atoms with Crippen molar-refractivity contribution in [2.24, 2.45) is 0 Å². The van der Waals surface area contributed by atoms with E-state index in [-0.39, 0.29) is 24.9 Å². The molecule has 1 aromatic heterocycles. The van der Waals surface area contributed by atoms with E-state index in [1.54, 1.807) is 0 Å². The molecular weight excluding hydrogens is 354 g/mol. The van der Waals surface area contributed by atoms with Gasteiger partial charge in [0, 0.05) is 12.5 Å². The first-order valence-electron chi connectivity index (χ1n) is 9.68. The molecule has 0 spiro atoms. The average Bonchev–Trinajstić information content (AvgIpc) is 3.11. The van der Waals surface area contributed by atoms with E-state index >= 15 is 0 Å². The van der Waals surface area contributed by atoms with Crippen LogP contribution < -0.4 is 0 Å². The summed E-state index contributed by atoms with van der Waals surface area (Å²) in [6.45, 7) is 8.90. The molecular formula is C22H27N3O3. The summed E-state index contributed by atoms with van der Waals surface area (Å²) in [6.07, 6.45) is 0.232. The summed E-state index contributed by atoms with van der Waals surface area (Å²) in [5.74, 6) is -0.420. The molecule has 0 aliphatic rings. The molecule has 0 fully saturated rings. The summed E-state index contributed by atoms with van der Waals surface area (Å²) in [5.41, 5.74) is 6.74. The first kappa shape index (κ1) is 20.0. The largest absolute Gasteiger partial charge is 0.466 e. The second-order valence-electron chi connectivity index (χ2n) is 6.96. The molecule has 1 N–H and O–H groups in total. The number of aliphatic hydroxyl groups is 1. The first-order valence-corrected chi connectivity index (χ1v) is 9.68. The molecule has 0 saturated carbocycles. The second-order valence-corrected chi connectivity index (χ2v) is 6.96. The van der Waals surface area contributed by atoms with Crippen LogP contribution in [-0.4, -0.2) is 32.7 Å². The van der Waals surface area contributed by atoms with Gasteiger partial charge in [0.25, 0.3) is 0 Å². The van der Waals surface area contributed by atoms with Crippen LogP contribution in [0.2, 0.25) is 0 Å². The summed E-state index contributed by atoms with van der Waals surface area (Å²) < 4.78 is 7.09. The fraction of sp³-hybridized carbons (Fsp3) is 0.409. The van der Waals surface area contributed by atoms with Gasteiger partial charge in [0.1, 0.15) is 5.52 Å². The third kappa shape index (κ3) is 3.78. The van der Waals surface area contributed by atoms with Crippen molar-refractivity contribution in [3.8, 4) is 0 Å². The number of hydrogen-bond donors (Lipinski definition) is 1. The van der Waals surface area contributed by atoms with E-state index in [1.807, 2.05) is 56.6 Å². The molecule has 0 aliphatic carbocycles. The zero-order chi connectivity index (χ0) is 20.3. The third-order valence-electron chi connectivity index (χ3n) is 5.28.